The number of imidazole rings is 1. The van der Waals surface area contributed by atoms with Crippen molar-refractivity contribution in [2.24, 2.45) is 5.10 Å². The van der Waals surface area contributed by atoms with E-state index >= 15 is 0 Å². The van der Waals surface area contributed by atoms with Crippen LogP contribution in [0.4, 0.5) is 0 Å². The summed E-state index contributed by atoms with van der Waals surface area (Å²) in [5.41, 5.74) is 6.39. The Balaban J connectivity index is 1.58. The minimum absolute atomic E-state index is 0.180. The Morgan fingerprint density at radius 1 is 1.17 bits per heavy atom. The van der Waals surface area contributed by atoms with E-state index in [-0.39, 0.29) is 12.5 Å². The third-order valence-electron chi connectivity index (χ3n) is 3.49. The number of benzene rings is 2. The number of fused-ring (bicyclic) bond motifs is 1. The van der Waals surface area contributed by atoms with Crippen molar-refractivity contribution >= 4 is 29.2 Å². The smallest absolute Gasteiger partial charge is 0.260 e. The lowest BCUT2D eigenvalue weighted by Crippen LogP contribution is -2.22. The van der Waals surface area contributed by atoms with Crippen molar-refractivity contribution in [3.05, 3.63) is 72.1 Å². The van der Waals surface area contributed by atoms with Crippen molar-refractivity contribution in [2.75, 3.05) is 0 Å². The Hall–Kier alpha value is -3.21. The summed E-state index contributed by atoms with van der Waals surface area (Å²) in [5, 5.41) is 4.00. The van der Waals surface area contributed by atoms with E-state index in [0.29, 0.717) is 0 Å². The molecule has 2 aromatic carbocycles. The first kappa shape index (κ1) is 15.7. The minimum Gasteiger partial charge on any atom is -0.321 e. The molecule has 0 fully saturated rings. The van der Waals surface area contributed by atoms with Crippen LogP contribution in [0.3, 0.4) is 0 Å². The van der Waals surface area contributed by atoms with Gasteiger partial charge in [-0.2, -0.15) is 5.10 Å². The molecule has 0 radical (unpaired) electrons. The second kappa shape index (κ2) is 7.37. The van der Waals surface area contributed by atoms with Gasteiger partial charge in [0.2, 0.25) is 0 Å². The van der Waals surface area contributed by atoms with Gasteiger partial charge in [-0.1, -0.05) is 48.5 Å². The van der Waals surface area contributed by atoms with Crippen LogP contribution in [0.15, 0.2) is 71.6 Å². The molecule has 1 aromatic heterocycles. The number of rotatable bonds is 5. The maximum absolute atomic E-state index is 12.0. The number of hydrogen-bond acceptors (Lipinski definition) is 3. The fourth-order valence-electron chi connectivity index (χ4n) is 2.38. The van der Waals surface area contributed by atoms with E-state index in [1.165, 1.54) is 0 Å². The van der Waals surface area contributed by atoms with E-state index < -0.39 is 0 Å². The van der Waals surface area contributed by atoms with E-state index in [1.54, 1.807) is 17.1 Å². The first-order valence-electron chi connectivity index (χ1n) is 7.67. The molecule has 0 saturated carbocycles. The molecule has 3 rings (SSSR count). The van der Waals surface area contributed by atoms with Crippen LogP contribution in [0, 0.1) is 0 Å². The molecule has 5 heteroatoms. The molecule has 0 atom stereocenters. The molecule has 120 valence electrons. The normalized spacial score (nSPS) is 12.0. The summed E-state index contributed by atoms with van der Waals surface area (Å²) >= 11 is 0. The van der Waals surface area contributed by atoms with Crippen molar-refractivity contribution in [2.45, 2.75) is 13.5 Å². The molecular formula is C19H18N4O. The lowest BCUT2D eigenvalue weighted by molar-refractivity contribution is -0.121. The molecule has 0 saturated heterocycles. The van der Waals surface area contributed by atoms with Crippen molar-refractivity contribution in [3.8, 4) is 0 Å². The lowest BCUT2D eigenvalue weighted by Gasteiger charge is -2.02. The number of hydrazone groups is 1. The van der Waals surface area contributed by atoms with Gasteiger partial charge in [-0.05, 0) is 30.2 Å². The fraction of sp³-hybridized carbons (Fsp3) is 0.105. The van der Waals surface area contributed by atoms with E-state index in [0.717, 1.165) is 22.2 Å². The Kier molecular flexibility index (Phi) is 4.81. The van der Waals surface area contributed by atoms with Gasteiger partial charge in [0.25, 0.3) is 5.91 Å². The first-order chi connectivity index (χ1) is 11.7. The van der Waals surface area contributed by atoms with Gasteiger partial charge < -0.3 is 4.57 Å². The topological polar surface area (TPSA) is 59.3 Å². The third kappa shape index (κ3) is 3.95. The Morgan fingerprint density at radius 3 is 2.75 bits per heavy atom. The van der Waals surface area contributed by atoms with E-state index in [1.807, 2.05) is 67.6 Å². The molecule has 0 aliphatic rings. The maximum atomic E-state index is 12.0. The SMILES string of the molecule is CC(/C=N\NC(=O)Cn1cnc2ccccc21)=C\c1ccccc1. The van der Waals surface area contributed by atoms with Crippen LogP contribution in [0.5, 0.6) is 0 Å². The number of hydrogen-bond donors (Lipinski definition) is 1. The molecule has 0 spiro atoms. The van der Waals surface area contributed by atoms with Gasteiger partial charge in [-0.15, -0.1) is 0 Å². The van der Waals surface area contributed by atoms with Gasteiger partial charge in [0.1, 0.15) is 6.54 Å². The highest BCUT2D eigenvalue weighted by Crippen LogP contribution is 2.11. The number of aromatic nitrogens is 2. The van der Waals surface area contributed by atoms with Gasteiger partial charge in [-0.25, -0.2) is 10.4 Å². The molecule has 5 nitrogen and oxygen atoms in total. The molecule has 0 aliphatic carbocycles. The highest BCUT2D eigenvalue weighted by atomic mass is 16.2. The lowest BCUT2D eigenvalue weighted by atomic mass is 10.1. The predicted octanol–water partition coefficient (Wildman–Crippen LogP) is 3.24. The third-order valence-corrected chi connectivity index (χ3v) is 3.49. The molecule has 1 N–H and O–H groups in total. The van der Waals surface area contributed by atoms with Crippen LogP contribution in [0.2, 0.25) is 0 Å². The summed E-state index contributed by atoms with van der Waals surface area (Å²) in [6, 6.07) is 17.7. The van der Waals surface area contributed by atoms with E-state index in [4.69, 9.17) is 0 Å². The fourth-order valence-corrected chi connectivity index (χ4v) is 2.38. The van der Waals surface area contributed by atoms with Gasteiger partial charge in [0.05, 0.1) is 23.6 Å². The Morgan fingerprint density at radius 2 is 1.92 bits per heavy atom. The summed E-state index contributed by atoms with van der Waals surface area (Å²) in [6.45, 7) is 2.12. The largest absolute Gasteiger partial charge is 0.321 e. The Bertz CT molecular complexity index is 894. The van der Waals surface area contributed by atoms with Crippen LogP contribution >= 0.6 is 0 Å². The standard InChI is InChI=1S/C19H18N4O/c1-15(11-16-7-3-2-4-8-16)12-21-22-19(24)13-23-14-20-17-9-5-6-10-18(17)23/h2-12,14H,13H2,1H3,(H,22,24)/b15-11+,21-12-. The van der Waals surface area contributed by atoms with Crippen LogP contribution in [-0.2, 0) is 11.3 Å². The summed E-state index contributed by atoms with van der Waals surface area (Å²) < 4.78 is 1.80. The van der Waals surface area contributed by atoms with Crippen LogP contribution in [0.1, 0.15) is 12.5 Å². The summed E-state index contributed by atoms with van der Waals surface area (Å²) in [5.74, 6) is -0.193. The number of para-hydroxylation sites is 2. The number of amides is 1. The molecular weight excluding hydrogens is 300 g/mol. The van der Waals surface area contributed by atoms with E-state index in [9.17, 15) is 4.79 Å². The molecule has 3 aromatic rings. The van der Waals surface area contributed by atoms with Gasteiger partial charge in [-0.3, -0.25) is 4.79 Å². The number of nitrogens with one attached hydrogen (secondary N) is 1. The second-order valence-electron chi connectivity index (χ2n) is 5.45. The second-order valence-corrected chi connectivity index (χ2v) is 5.45. The molecule has 0 bridgehead atoms. The number of carbonyl (C=O) groups is 1. The summed E-state index contributed by atoms with van der Waals surface area (Å²) in [7, 11) is 0. The predicted molar refractivity (Wildman–Crippen MR) is 96.5 cm³/mol. The average Bonchev–Trinajstić information content (AvgIpc) is 2.99. The zero-order chi connectivity index (χ0) is 16.8. The zero-order valence-corrected chi connectivity index (χ0v) is 13.4. The van der Waals surface area contributed by atoms with Crippen molar-refractivity contribution in [1.29, 1.82) is 0 Å². The number of nitrogens with zero attached hydrogens (tertiary/aromatic N) is 3. The average molecular weight is 318 g/mol. The first-order valence-corrected chi connectivity index (χ1v) is 7.67. The van der Waals surface area contributed by atoms with Crippen molar-refractivity contribution < 1.29 is 4.79 Å². The zero-order valence-electron chi connectivity index (χ0n) is 13.4. The molecule has 1 heterocycles. The molecule has 0 aliphatic heterocycles. The van der Waals surface area contributed by atoms with Gasteiger partial charge in [0.15, 0.2) is 0 Å². The maximum Gasteiger partial charge on any atom is 0.260 e. The molecule has 0 unspecified atom stereocenters. The van der Waals surface area contributed by atoms with Gasteiger partial charge in [0, 0.05) is 0 Å². The van der Waals surface area contributed by atoms with E-state index in [2.05, 4.69) is 15.5 Å². The highest BCUT2D eigenvalue weighted by molar-refractivity contribution is 5.86. The van der Waals surface area contributed by atoms with Crippen LogP contribution < -0.4 is 5.43 Å². The summed E-state index contributed by atoms with van der Waals surface area (Å²) in [4.78, 5) is 16.3. The number of carbonyl (C=O) groups excluding carboxylic acids is 1. The molecule has 24 heavy (non-hydrogen) atoms. The Labute approximate surface area is 140 Å². The number of allylic oxidation sites excluding steroid dienone is 1. The highest BCUT2D eigenvalue weighted by Gasteiger charge is 2.05. The van der Waals surface area contributed by atoms with Gasteiger partial charge >= 0.3 is 0 Å². The van der Waals surface area contributed by atoms with Crippen LogP contribution in [-0.4, -0.2) is 21.7 Å². The monoisotopic (exact) mass is 318 g/mol. The quantitative estimate of drug-likeness (QED) is 0.580. The minimum atomic E-state index is -0.193. The van der Waals surface area contributed by atoms with Crippen molar-refractivity contribution in [1.82, 2.24) is 15.0 Å². The molecule has 1 amide bonds. The van der Waals surface area contributed by atoms with Crippen LogP contribution in [0.25, 0.3) is 17.1 Å². The van der Waals surface area contributed by atoms with Crippen molar-refractivity contribution in [3.63, 3.8) is 0 Å². The summed E-state index contributed by atoms with van der Waals surface area (Å²) in [6.07, 6.45) is 5.30.